The molecule has 1 amide bonds. The molecule has 2 unspecified atom stereocenters. The van der Waals surface area contributed by atoms with Crippen LogP contribution in [-0.4, -0.2) is 31.9 Å². The van der Waals surface area contributed by atoms with Crippen molar-refractivity contribution >= 4 is 15.7 Å². The predicted octanol–water partition coefficient (Wildman–Crippen LogP) is 1.11. The number of amides is 1. The van der Waals surface area contributed by atoms with Crippen LogP contribution in [0, 0.1) is 5.41 Å². The largest absolute Gasteiger partial charge is 0.352 e. The van der Waals surface area contributed by atoms with Gasteiger partial charge in [-0.05, 0) is 31.6 Å². The highest BCUT2D eigenvalue weighted by Gasteiger charge is 2.33. The fourth-order valence-electron chi connectivity index (χ4n) is 2.07. The number of sulfone groups is 1. The summed E-state index contributed by atoms with van der Waals surface area (Å²) in [5, 5.41) is 1.87. The summed E-state index contributed by atoms with van der Waals surface area (Å²) >= 11 is 0. The van der Waals surface area contributed by atoms with E-state index in [0.717, 1.165) is 25.5 Å². The number of hydrogen-bond donors (Lipinski definition) is 1. The predicted molar refractivity (Wildman–Crippen MR) is 63.9 cm³/mol. The van der Waals surface area contributed by atoms with Crippen LogP contribution in [0.2, 0.25) is 0 Å². The molecule has 0 saturated heterocycles. The quantitative estimate of drug-likeness (QED) is 0.812. The molecule has 1 N–H and O–H groups in total. The summed E-state index contributed by atoms with van der Waals surface area (Å²) in [7, 11) is -3.28. The van der Waals surface area contributed by atoms with Crippen molar-refractivity contribution < 1.29 is 13.2 Å². The van der Waals surface area contributed by atoms with Crippen LogP contribution in [-0.2, 0) is 14.6 Å². The first-order valence-electron chi connectivity index (χ1n) is 5.61. The fourth-order valence-corrected chi connectivity index (χ4v) is 2.53. The lowest BCUT2D eigenvalue weighted by Crippen LogP contribution is -2.42. The zero-order valence-electron chi connectivity index (χ0n) is 10.4. The summed E-state index contributed by atoms with van der Waals surface area (Å²) in [6, 6.07) is 0.131. The molecule has 0 bridgehead atoms. The van der Waals surface area contributed by atoms with Crippen molar-refractivity contribution in [2.75, 3.05) is 6.26 Å². The van der Waals surface area contributed by atoms with Gasteiger partial charge in [-0.2, -0.15) is 0 Å². The molecular weight excluding hydrogens is 226 g/mol. The minimum absolute atomic E-state index is 0.131. The van der Waals surface area contributed by atoms with E-state index in [9.17, 15) is 13.2 Å². The maximum atomic E-state index is 11.7. The summed E-state index contributed by atoms with van der Waals surface area (Å²) in [5.41, 5.74) is 0.256. The molecule has 0 aliphatic heterocycles. The molecule has 0 aromatic rings. The molecule has 0 aromatic carbocycles. The van der Waals surface area contributed by atoms with Crippen LogP contribution in [0.3, 0.4) is 0 Å². The van der Waals surface area contributed by atoms with Gasteiger partial charge in [0.25, 0.3) is 0 Å². The molecular formula is C11H21NO3S. The molecule has 5 heteroatoms. The number of nitrogens with one attached hydrogen (secondary N) is 1. The Balaban J connectivity index is 2.54. The molecule has 16 heavy (non-hydrogen) atoms. The topological polar surface area (TPSA) is 63.2 Å². The van der Waals surface area contributed by atoms with Gasteiger partial charge in [0.15, 0.2) is 9.84 Å². The molecule has 0 radical (unpaired) electrons. The lowest BCUT2D eigenvalue weighted by Gasteiger charge is -2.19. The molecule has 1 fully saturated rings. The van der Waals surface area contributed by atoms with E-state index in [0.29, 0.717) is 0 Å². The summed E-state index contributed by atoms with van der Waals surface area (Å²) in [4.78, 5) is 11.7. The van der Waals surface area contributed by atoms with Crippen molar-refractivity contribution in [1.29, 1.82) is 0 Å². The Kier molecular flexibility index (Phi) is 3.67. The Labute approximate surface area is 97.7 Å². The Morgan fingerprint density at radius 3 is 2.38 bits per heavy atom. The third-order valence-corrected chi connectivity index (χ3v) is 4.82. The number of carbonyl (C=O) groups is 1. The molecule has 1 aliphatic carbocycles. The fraction of sp³-hybridized carbons (Fsp3) is 0.909. The maximum Gasteiger partial charge on any atom is 0.238 e. The van der Waals surface area contributed by atoms with E-state index in [2.05, 4.69) is 19.2 Å². The van der Waals surface area contributed by atoms with E-state index in [1.54, 1.807) is 0 Å². The van der Waals surface area contributed by atoms with Crippen LogP contribution in [0.1, 0.15) is 40.0 Å². The van der Waals surface area contributed by atoms with E-state index in [1.807, 2.05) is 0 Å². The van der Waals surface area contributed by atoms with E-state index in [4.69, 9.17) is 0 Å². The normalized spacial score (nSPS) is 26.4. The maximum absolute atomic E-state index is 11.7. The molecule has 1 rings (SSSR count). The van der Waals surface area contributed by atoms with Crippen molar-refractivity contribution in [3.05, 3.63) is 0 Å². The smallest absolute Gasteiger partial charge is 0.238 e. The van der Waals surface area contributed by atoms with Gasteiger partial charge in [0.05, 0.1) is 0 Å². The zero-order valence-corrected chi connectivity index (χ0v) is 11.2. The Bertz CT molecular complexity index is 373. The zero-order chi connectivity index (χ0) is 12.6. The Hall–Kier alpha value is -0.580. The first-order chi connectivity index (χ1) is 7.12. The van der Waals surface area contributed by atoms with E-state index < -0.39 is 15.1 Å². The van der Waals surface area contributed by atoms with Gasteiger partial charge >= 0.3 is 0 Å². The lowest BCUT2D eigenvalue weighted by molar-refractivity contribution is -0.121. The number of hydrogen-bond acceptors (Lipinski definition) is 3. The van der Waals surface area contributed by atoms with Gasteiger partial charge in [-0.3, -0.25) is 4.79 Å². The van der Waals surface area contributed by atoms with Gasteiger partial charge in [-0.1, -0.05) is 13.8 Å². The average Bonchev–Trinajstić information content (AvgIpc) is 2.42. The highest BCUT2D eigenvalue weighted by atomic mass is 32.2. The molecule has 94 valence electrons. The van der Waals surface area contributed by atoms with Crippen LogP contribution < -0.4 is 5.32 Å². The molecule has 0 spiro atoms. The molecule has 4 nitrogen and oxygen atoms in total. The third-order valence-electron chi connectivity index (χ3n) is 3.33. The van der Waals surface area contributed by atoms with Crippen molar-refractivity contribution in [3.63, 3.8) is 0 Å². The monoisotopic (exact) mass is 247 g/mol. The van der Waals surface area contributed by atoms with E-state index in [1.165, 1.54) is 6.92 Å². The first-order valence-corrected chi connectivity index (χ1v) is 7.56. The van der Waals surface area contributed by atoms with Gasteiger partial charge in [0, 0.05) is 12.3 Å². The van der Waals surface area contributed by atoms with E-state index in [-0.39, 0.29) is 17.4 Å². The highest BCUT2D eigenvalue weighted by Crippen LogP contribution is 2.36. The Morgan fingerprint density at radius 1 is 1.44 bits per heavy atom. The van der Waals surface area contributed by atoms with E-state index >= 15 is 0 Å². The average molecular weight is 247 g/mol. The highest BCUT2D eigenvalue weighted by molar-refractivity contribution is 7.92. The lowest BCUT2D eigenvalue weighted by atomic mass is 9.92. The Morgan fingerprint density at radius 2 is 2.00 bits per heavy atom. The summed E-state index contributed by atoms with van der Waals surface area (Å²) in [5.74, 6) is -0.370. The minimum atomic E-state index is -3.28. The van der Waals surface area contributed by atoms with Crippen LogP contribution in [0.15, 0.2) is 0 Å². The molecule has 2 atom stereocenters. The van der Waals surface area contributed by atoms with Crippen LogP contribution in [0.4, 0.5) is 0 Å². The summed E-state index contributed by atoms with van der Waals surface area (Å²) in [6.07, 6.45) is 4.03. The second kappa shape index (κ2) is 4.35. The van der Waals surface area contributed by atoms with Crippen LogP contribution in [0.5, 0.6) is 0 Å². The molecule has 1 saturated carbocycles. The van der Waals surface area contributed by atoms with Crippen LogP contribution >= 0.6 is 0 Å². The summed E-state index contributed by atoms with van der Waals surface area (Å²) in [6.45, 7) is 5.77. The van der Waals surface area contributed by atoms with Gasteiger partial charge in [0.1, 0.15) is 5.25 Å². The SMILES string of the molecule is CC(C(=O)NC1CCC(C)(C)C1)S(C)(=O)=O. The minimum Gasteiger partial charge on any atom is -0.352 e. The second-order valence-corrected chi connectivity index (χ2v) is 7.95. The van der Waals surface area contributed by atoms with Gasteiger partial charge in [-0.25, -0.2) is 8.42 Å². The molecule has 1 aliphatic rings. The second-order valence-electron chi connectivity index (χ2n) is 5.58. The van der Waals surface area contributed by atoms with Gasteiger partial charge in [-0.15, -0.1) is 0 Å². The van der Waals surface area contributed by atoms with Crippen molar-refractivity contribution in [1.82, 2.24) is 5.32 Å². The molecule has 0 aromatic heterocycles. The first kappa shape index (κ1) is 13.5. The number of carbonyl (C=O) groups excluding carboxylic acids is 1. The number of rotatable bonds is 3. The van der Waals surface area contributed by atoms with Crippen molar-refractivity contribution in [2.24, 2.45) is 5.41 Å². The third kappa shape index (κ3) is 3.47. The standard InChI is InChI=1S/C11H21NO3S/c1-8(16(4,14)15)10(13)12-9-5-6-11(2,3)7-9/h8-9H,5-7H2,1-4H3,(H,12,13). The van der Waals surface area contributed by atoms with Gasteiger partial charge < -0.3 is 5.32 Å². The van der Waals surface area contributed by atoms with Gasteiger partial charge in [0.2, 0.25) is 5.91 Å². The molecule has 0 heterocycles. The summed E-state index contributed by atoms with van der Waals surface area (Å²) < 4.78 is 22.4. The van der Waals surface area contributed by atoms with Crippen molar-refractivity contribution in [3.8, 4) is 0 Å². The van der Waals surface area contributed by atoms with Crippen molar-refractivity contribution in [2.45, 2.75) is 51.3 Å². The van der Waals surface area contributed by atoms with Crippen LogP contribution in [0.25, 0.3) is 0 Å².